The lowest BCUT2D eigenvalue weighted by Gasteiger charge is -2.35. The van der Waals surface area contributed by atoms with Gasteiger partial charge in [-0.1, -0.05) is 19.3 Å². The number of hydrogen-bond donors (Lipinski definition) is 2. The van der Waals surface area contributed by atoms with Gasteiger partial charge >= 0.3 is 0 Å². The van der Waals surface area contributed by atoms with Gasteiger partial charge in [0.25, 0.3) is 0 Å². The number of carbonyl (C=O) groups is 2. The second-order valence-electron chi connectivity index (χ2n) is 6.04. The van der Waals surface area contributed by atoms with Crippen LogP contribution in [0.5, 0.6) is 0 Å². The third-order valence-corrected chi connectivity index (χ3v) is 4.50. The van der Waals surface area contributed by atoms with Gasteiger partial charge in [0.05, 0.1) is 5.92 Å². The van der Waals surface area contributed by atoms with Crippen LogP contribution in [-0.2, 0) is 9.59 Å². The first kappa shape index (κ1) is 18.2. The normalized spacial score (nSPS) is 23.3. The smallest absolute Gasteiger partial charge is 0.225 e. The van der Waals surface area contributed by atoms with Crippen molar-refractivity contribution in [2.45, 2.75) is 44.9 Å². The molecular formula is C15H28ClN3O2. The molecule has 0 bridgehead atoms. The van der Waals surface area contributed by atoms with Crippen molar-refractivity contribution in [1.29, 1.82) is 0 Å². The van der Waals surface area contributed by atoms with Crippen molar-refractivity contribution >= 4 is 24.2 Å². The first-order valence-electron chi connectivity index (χ1n) is 7.99. The minimum absolute atomic E-state index is 0. The number of carbonyl (C=O) groups excluding carboxylic acids is 2. The first-order valence-corrected chi connectivity index (χ1v) is 7.99. The molecule has 0 aromatic heterocycles. The van der Waals surface area contributed by atoms with Gasteiger partial charge in [0.15, 0.2) is 0 Å². The lowest BCUT2D eigenvalue weighted by Crippen LogP contribution is -2.48. The van der Waals surface area contributed by atoms with Crippen molar-refractivity contribution < 1.29 is 9.59 Å². The highest BCUT2D eigenvalue weighted by molar-refractivity contribution is 5.85. The van der Waals surface area contributed by atoms with E-state index in [4.69, 9.17) is 5.73 Å². The molecule has 2 rings (SSSR count). The Morgan fingerprint density at radius 3 is 2.38 bits per heavy atom. The third kappa shape index (κ3) is 5.15. The Morgan fingerprint density at radius 2 is 1.71 bits per heavy atom. The monoisotopic (exact) mass is 317 g/mol. The van der Waals surface area contributed by atoms with Crippen LogP contribution in [0.4, 0.5) is 0 Å². The van der Waals surface area contributed by atoms with Gasteiger partial charge in [0.1, 0.15) is 0 Å². The van der Waals surface area contributed by atoms with Crippen LogP contribution in [-0.4, -0.2) is 42.9 Å². The Kier molecular flexibility index (Phi) is 8.04. The Bertz CT molecular complexity index is 346. The molecule has 0 aromatic rings. The summed E-state index contributed by atoms with van der Waals surface area (Å²) in [5.41, 5.74) is 5.40. The summed E-state index contributed by atoms with van der Waals surface area (Å²) in [4.78, 5) is 26.4. The molecule has 0 aromatic carbocycles. The summed E-state index contributed by atoms with van der Waals surface area (Å²) in [5.74, 6) is 0.482. The third-order valence-electron chi connectivity index (χ3n) is 4.50. The number of piperidine rings is 1. The standard InChI is InChI=1S/C15H27N3O2.ClH/c16-8-9-17-14(19)13-7-4-10-18(11-13)15(20)12-5-2-1-3-6-12;/h12-13H,1-11,16H2,(H,17,19);1H. The van der Waals surface area contributed by atoms with Crippen LogP contribution in [0.25, 0.3) is 0 Å². The highest BCUT2D eigenvalue weighted by Crippen LogP contribution is 2.27. The summed E-state index contributed by atoms with van der Waals surface area (Å²) >= 11 is 0. The van der Waals surface area contributed by atoms with Gasteiger partial charge < -0.3 is 16.0 Å². The van der Waals surface area contributed by atoms with E-state index in [1.807, 2.05) is 4.90 Å². The maximum atomic E-state index is 12.5. The lowest BCUT2D eigenvalue weighted by molar-refractivity contribution is -0.140. The molecular weight excluding hydrogens is 290 g/mol. The lowest BCUT2D eigenvalue weighted by atomic mass is 9.87. The zero-order chi connectivity index (χ0) is 14.4. The average molecular weight is 318 g/mol. The number of nitrogens with one attached hydrogen (secondary N) is 1. The van der Waals surface area contributed by atoms with Crippen molar-refractivity contribution in [2.24, 2.45) is 17.6 Å². The fraction of sp³-hybridized carbons (Fsp3) is 0.867. The van der Waals surface area contributed by atoms with Gasteiger partial charge in [-0.2, -0.15) is 0 Å². The summed E-state index contributed by atoms with van der Waals surface area (Å²) in [7, 11) is 0. The van der Waals surface area contributed by atoms with Crippen molar-refractivity contribution in [1.82, 2.24) is 10.2 Å². The van der Waals surface area contributed by atoms with Crippen LogP contribution < -0.4 is 11.1 Å². The Balaban J connectivity index is 0.00000220. The fourth-order valence-electron chi connectivity index (χ4n) is 3.34. The van der Waals surface area contributed by atoms with Crippen LogP contribution in [0.3, 0.4) is 0 Å². The van der Waals surface area contributed by atoms with Crippen LogP contribution in [0, 0.1) is 11.8 Å². The van der Waals surface area contributed by atoms with Gasteiger partial charge in [-0.15, -0.1) is 12.4 Å². The molecule has 1 aliphatic carbocycles. The van der Waals surface area contributed by atoms with Crippen molar-refractivity contribution in [3.63, 3.8) is 0 Å². The summed E-state index contributed by atoms with van der Waals surface area (Å²) in [6, 6.07) is 0. The molecule has 2 fully saturated rings. The number of amides is 2. The molecule has 122 valence electrons. The van der Waals surface area contributed by atoms with E-state index < -0.39 is 0 Å². The predicted molar refractivity (Wildman–Crippen MR) is 85.2 cm³/mol. The number of hydrogen-bond acceptors (Lipinski definition) is 3. The van der Waals surface area contributed by atoms with Gasteiger partial charge in [0.2, 0.25) is 11.8 Å². The van der Waals surface area contributed by atoms with Crippen LogP contribution in [0.2, 0.25) is 0 Å². The maximum absolute atomic E-state index is 12.5. The Labute approximate surface area is 133 Å². The molecule has 1 saturated heterocycles. The van der Waals surface area contributed by atoms with Crippen LogP contribution in [0.1, 0.15) is 44.9 Å². The Hall–Kier alpha value is -0.810. The van der Waals surface area contributed by atoms with Crippen molar-refractivity contribution in [2.75, 3.05) is 26.2 Å². The molecule has 1 saturated carbocycles. The van der Waals surface area contributed by atoms with E-state index in [1.54, 1.807) is 0 Å². The highest BCUT2D eigenvalue weighted by atomic mass is 35.5. The van der Waals surface area contributed by atoms with Crippen molar-refractivity contribution in [3.05, 3.63) is 0 Å². The molecule has 6 heteroatoms. The molecule has 1 aliphatic heterocycles. The molecule has 1 heterocycles. The van der Waals surface area contributed by atoms with Gasteiger partial charge in [-0.25, -0.2) is 0 Å². The summed E-state index contributed by atoms with van der Waals surface area (Å²) in [5, 5.41) is 2.84. The quantitative estimate of drug-likeness (QED) is 0.820. The molecule has 5 nitrogen and oxygen atoms in total. The van der Waals surface area contributed by atoms with E-state index in [-0.39, 0.29) is 36.1 Å². The zero-order valence-corrected chi connectivity index (χ0v) is 13.5. The number of likely N-dealkylation sites (tertiary alicyclic amines) is 1. The summed E-state index contributed by atoms with van der Waals surface area (Å²) in [6.07, 6.45) is 7.46. The van der Waals surface area contributed by atoms with Gasteiger partial charge in [-0.3, -0.25) is 9.59 Å². The average Bonchev–Trinajstić information content (AvgIpc) is 2.52. The molecule has 2 amide bonds. The van der Waals surface area contributed by atoms with Gasteiger partial charge in [-0.05, 0) is 25.7 Å². The van der Waals surface area contributed by atoms with Crippen molar-refractivity contribution in [3.8, 4) is 0 Å². The minimum Gasteiger partial charge on any atom is -0.355 e. The molecule has 1 atom stereocenters. The van der Waals surface area contributed by atoms with E-state index in [2.05, 4.69) is 5.32 Å². The van der Waals surface area contributed by atoms with Gasteiger partial charge in [0, 0.05) is 32.1 Å². The van der Waals surface area contributed by atoms with Crippen LogP contribution >= 0.6 is 12.4 Å². The molecule has 0 radical (unpaired) electrons. The van der Waals surface area contributed by atoms with E-state index in [9.17, 15) is 9.59 Å². The molecule has 2 aliphatic rings. The predicted octanol–water partition coefficient (Wildman–Crippen LogP) is 1.30. The van der Waals surface area contributed by atoms with E-state index in [1.165, 1.54) is 19.3 Å². The summed E-state index contributed by atoms with van der Waals surface area (Å²) < 4.78 is 0. The topological polar surface area (TPSA) is 75.4 Å². The highest BCUT2D eigenvalue weighted by Gasteiger charge is 2.32. The number of nitrogens with zero attached hydrogens (tertiary/aromatic N) is 1. The minimum atomic E-state index is -0.0529. The molecule has 1 unspecified atom stereocenters. The molecule has 0 spiro atoms. The number of nitrogens with two attached hydrogens (primary N) is 1. The largest absolute Gasteiger partial charge is 0.355 e. The summed E-state index contributed by atoms with van der Waals surface area (Å²) in [6.45, 7) is 2.39. The SMILES string of the molecule is Cl.NCCNC(=O)C1CCCN(C(=O)C2CCCCC2)C1. The van der Waals surface area contributed by atoms with E-state index >= 15 is 0 Å². The first-order chi connectivity index (χ1) is 9.72. The number of rotatable bonds is 4. The maximum Gasteiger partial charge on any atom is 0.225 e. The van der Waals surface area contributed by atoms with E-state index in [0.717, 1.165) is 32.2 Å². The second kappa shape index (κ2) is 9.26. The fourth-order valence-corrected chi connectivity index (χ4v) is 3.34. The molecule has 21 heavy (non-hydrogen) atoms. The number of halogens is 1. The van der Waals surface area contributed by atoms with Crippen LogP contribution in [0.15, 0.2) is 0 Å². The molecule has 3 N–H and O–H groups in total. The zero-order valence-electron chi connectivity index (χ0n) is 12.7. The second-order valence-corrected chi connectivity index (χ2v) is 6.04. The Morgan fingerprint density at radius 1 is 1.05 bits per heavy atom. The van der Waals surface area contributed by atoms with E-state index in [0.29, 0.717) is 19.6 Å².